The number of carbonyl (C=O) groups excluding carboxylic acids is 3. The summed E-state index contributed by atoms with van der Waals surface area (Å²) in [6.45, 7) is 1.42. The Labute approximate surface area is 174 Å². The molecule has 0 atom stereocenters. The average Bonchev–Trinajstić information content (AvgIpc) is 3.30. The molecule has 7 heteroatoms. The highest BCUT2D eigenvalue weighted by Gasteiger charge is 2.36. The van der Waals surface area contributed by atoms with Crippen molar-refractivity contribution in [3.05, 3.63) is 64.2 Å². The first-order valence-electron chi connectivity index (χ1n) is 9.98. The van der Waals surface area contributed by atoms with Gasteiger partial charge in [-0.3, -0.25) is 14.4 Å². The molecular formula is C23H24N4O3. The highest BCUT2D eigenvalue weighted by atomic mass is 16.2. The molecule has 0 unspecified atom stereocenters. The van der Waals surface area contributed by atoms with Gasteiger partial charge < -0.3 is 15.2 Å². The quantitative estimate of drug-likeness (QED) is 0.674. The summed E-state index contributed by atoms with van der Waals surface area (Å²) >= 11 is 0. The maximum absolute atomic E-state index is 12.7. The predicted octanol–water partition coefficient (Wildman–Crippen LogP) is 1.65. The van der Waals surface area contributed by atoms with Crippen LogP contribution in [-0.2, 0) is 16.0 Å². The van der Waals surface area contributed by atoms with Crippen molar-refractivity contribution in [3.8, 4) is 0 Å². The molecular weight excluding hydrogens is 380 g/mol. The average molecular weight is 404 g/mol. The van der Waals surface area contributed by atoms with Crippen LogP contribution in [0.25, 0.3) is 5.57 Å². The molecule has 0 bridgehead atoms. The van der Waals surface area contributed by atoms with Crippen LogP contribution >= 0.6 is 0 Å². The lowest BCUT2D eigenvalue weighted by Gasteiger charge is -2.18. The Morgan fingerprint density at radius 3 is 2.67 bits per heavy atom. The zero-order chi connectivity index (χ0) is 21.4. The van der Waals surface area contributed by atoms with Gasteiger partial charge in [-0.05, 0) is 63.8 Å². The summed E-state index contributed by atoms with van der Waals surface area (Å²) in [6.07, 6.45) is 9.42. The molecule has 30 heavy (non-hydrogen) atoms. The van der Waals surface area contributed by atoms with E-state index in [-0.39, 0.29) is 5.78 Å². The van der Waals surface area contributed by atoms with Crippen molar-refractivity contribution < 1.29 is 14.4 Å². The highest BCUT2D eigenvalue weighted by molar-refractivity contribution is 6.55. The van der Waals surface area contributed by atoms with Crippen LogP contribution in [0.3, 0.4) is 0 Å². The lowest BCUT2D eigenvalue weighted by Crippen LogP contribution is -2.24. The molecule has 2 N–H and O–H groups in total. The number of Topliss-reactive ketones (excluding diaryl/α,β-unsaturated/α-hetero) is 1. The molecule has 2 aliphatic carbocycles. The molecule has 1 aromatic rings. The van der Waals surface area contributed by atoms with Crippen molar-refractivity contribution in [3.63, 3.8) is 0 Å². The maximum atomic E-state index is 12.7. The van der Waals surface area contributed by atoms with Crippen LogP contribution in [0, 0.1) is 0 Å². The van der Waals surface area contributed by atoms with Gasteiger partial charge in [-0.25, -0.2) is 4.99 Å². The lowest BCUT2D eigenvalue weighted by atomic mass is 9.85. The summed E-state index contributed by atoms with van der Waals surface area (Å²) < 4.78 is 0. The number of hydrogen-bond donors (Lipinski definition) is 2. The number of nitrogens with zero attached hydrogens (tertiary/aromatic N) is 2. The van der Waals surface area contributed by atoms with E-state index in [1.807, 2.05) is 32.1 Å². The Balaban J connectivity index is 1.82. The van der Waals surface area contributed by atoms with Crippen LogP contribution in [-0.4, -0.2) is 67.2 Å². The molecule has 0 amide bonds. The molecule has 0 saturated carbocycles. The van der Waals surface area contributed by atoms with Gasteiger partial charge in [0.1, 0.15) is 0 Å². The van der Waals surface area contributed by atoms with E-state index in [2.05, 4.69) is 10.3 Å². The van der Waals surface area contributed by atoms with E-state index in [1.54, 1.807) is 12.3 Å². The van der Waals surface area contributed by atoms with Crippen LogP contribution in [0.5, 0.6) is 0 Å². The van der Waals surface area contributed by atoms with E-state index in [9.17, 15) is 14.4 Å². The van der Waals surface area contributed by atoms with Gasteiger partial charge >= 0.3 is 0 Å². The van der Waals surface area contributed by atoms with Crippen LogP contribution in [0.2, 0.25) is 0 Å². The number of carbonyl (C=O) groups is 3. The molecule has 0 radical (unpaired) electrons. The topological polar surface area (TPSA) is 94.6 Å². The summed E-state index contributed by atoms with van der Waals surface area (Å²) in [7, 11) is 5.78. The van der Waals surface area contributed by atoms with Gasteiger partial charge in [0.15, 0.2) is 5.78 Å². The number of aromatic nitrogens is 1. The second-order valence-electron chi connectivity index (χ2n) is 7.81. The van der Waals surface area contributed by atoms with E-state index >= 15 is 0 Å². The third-order valence-corrected chi connectivity index (χ3v) is 5.49. The monoisotopic (exact) mass is 404 g/mol. The molecule has 3 aliphatic rings. The standard InChI is InChI=1S/C23H24N4O3/c1-24-9-7-13-12-25-22-15(11-18(29)23(30)19(13)22)21-14(8-10-27(2)3)20-16(26-21)5-4-6-17(20)28/h4-6,11-12,24-25H,7-10H2,1-3H3. The van der Waals surface area contributed by atoms with Crippen molar-refractivity contribution >= 4 is 28.6 Å². The summed E-state index contributed by atoms with van der Waals surface area (Å²) in [5.41, 5.74) is 5.01. The summed E-state index contributed by atoms with van der Waals surface area (Å²) in [4.78, 5) is 47.8. The fraction of sp³-hybridized carbons (Fsp3) is 0.304. The van der Waals surface area contributed by atoms with Gasteiger partial charge in [0.2, 0.25) is 11.6 Å². The van der Waals surface area contributed by atoms with Crippen LogP contribution in [0.1, 0.15) is 28.0 Å². The Bertz CT molecular complexity index is 1110. The van der Waals surface area contributed by atoms with E-state index in [4.69, 9.17) is 4.99 Å². The number of likely N-dealkylation sites (N-methyl/N-ethyl adjacent to an activating group) is 1. The zero-order valence-electron chi connectivity index (χ0n) is 17.3. The van der Waals surface area contributed by atoms with E-state index in [0.29, 0.717) is 53.2 Å². The second-order valence-corrected chi connectivity index (χ2v) is 7.81. The van der Waals surface area contributed by atoms with Gasteiger partial charge in [-0.1, -0.05) is 6.08 Å². The number of H-pyrrole nitrogens is 1. The Morgan fingerprint density at radius 2 is 1.93 bits per heavy atom. The van der Waals surface area contributed by atoms with E-state index in [0.717, 1.165) is 17.7 Å². The molecule has 0 spiro atoms. The minimum absolute atomic E-state index is 0.0831. The van der Waals surface area contributed by atoms with Crippen LogP contribution in [0.15, 0.2) is 52.3 Å². The molecule has 4 rings (SSSR count). The van der Waals surface area contributed by atoms with Gasteiger partial charge in [0.25, 0.3) is 0 Å². The van der Waals surface area contributed by atoms with Crippen LogP contribution in [0.4, 0.5) is 0 Å². The number of fused-ring (bicyclic) bond motifs is 2. The normalized spacial score (nSPS) is 18.0. The smallest absolute Gasteiger partial charge is 0.235 e. The van der Waals surface area contributed by atoms with Crippen molar-refractivity contribution in [2.24, 2.45) is 4.99 Å². The Morgan fingerprint density at radius 1 is 1.13 bits per heavy atom. The van der Waals surface area contributed by atoms with Gasteiger partial charge in [0.05, 0.1) is 28.2 Å². The van der Waals surface area contributed by atoms with Crippen molar-refractivity contribution in [2.75, 3.05) is 34.2 Å². The summed E-state index contributed by atoms with van der Waals surface area (Å²) in [5.74, 6) is -1.15. The number of aromatic amines is 1. The second kappa shape index (κ2) is 7.93. The van der Waals surface area contributed by atoms with Gasteiger partial charge in [-0.2, -0.15) is 0 Å². The number of aliphatic imine (C=N–C) groups is 1. The number of allylic oxidation sites excluding steroid dienone is 6. The van der Waals surface area contributed by atoms with Crippen molar-refractivity contribution in [1.82, 2.24) is 15.2 Å². The summed E-state index contributed by atoms with van der Waals surface area (Å²) in [5, 5.41) is 3.07. The highest BCUT2D eigenvalue weighted by Crippen LogP contribution is 2.38. The fourth-order valence-electron chi connectivity index (χ4n) is 4.00. The number of rotatable bonds is 7. The Hall–Kier alpha value is -3.16. The SMILES string of the molecule is CNCCc1c[nH]c2c1C(=O)C(=O)C=C2C1=NC2=CC=CC(=O)C2=C1CCN(C)C. The van der Waals surface area contributed by atoms with Crippen molar-refractivity contribution in [1.29, 1.82) is 0 Å². The number of hydrogen-bond acceptors (Lipinski definition) is 6. The van der Waals surface area contributed by atoms with Crippen molar-refractivity contribution in [2.45, 2.75) is 12.8 Å². The minimum atomic E-state index is -0.559. The van der Waals surface area contributed by atoms with Crippen LogP contribution < -0.4 is 5.32 Å². The molecule has 0 saturated heterocycles. The largest absolute Gasteiger partial charge is 0.360 e. The molecule has 1 aliphatic heterocycles. The van der Waals surface area contributed by atoms with Gasteiger partial charge in [0, 0.05) is 24.4 Å². The molecule has 154 valence electrons. The first kappa shape index (κ1) is 20.1. The molecule has 7 nitrogen and oxygen atoms in total. The van der Waals surface area contributed by atoms with E-state index < -0.39 is 11.6 Å². The minimum Gasteiger partial charge on any atom is -0.360 e. The fourth-order valence-corrected chi connectivity index (χ4v) is 4.00. The molecule has 0 fully saturated rings. The number of ketones is 3. The molecule has 1 aromatic heterocycles. The first-order valence-corrected chi connectivity index (χ1v) is 9.98. The molecule has 0 aromatic carbocycles. The van der Waals surface area contributed by atoms with E-state index in [1.165, 1.54) is 12.2 Å². The first-order chi connectivity index (χ1) is 14.4. The predicted molar refractivity (Wildman–Crippen MR) is 116 cm³/mol. The van der Waals surface area contributed by atoms with Gasteiger partial charge in [-0.15, -0.1) is 0 Å². The number of nitrogens with one attached hydrogen (secondary N) is 2. The zero-order valence-corrected chi connectivity index (χ0v) is 17.3. The lowest BCUT2D eigenvalue weighted by molar-refractivity contribution is -0.111. The third kappa shape index (κ3) is 3.36. The summed E-state index contributed by atoms with van der Waals surface area (Å²) in [6, 6.07) is 0. The Kier molecular flexibility index (Phi) is 5.32. The third-order valence-electron chi connectivity index (χ3n) is 5.49. The maximum Gasteiger partial charge on any atom is 0.235 e. The molecule has 2 heterocycles.